The van der Waals surface area contributed by atoms with Gasteiger partial charge in [0.2, 0.25) is 0 Å². The molecule has 152 valence electrons. The molecule has 2 heterocycles. The van der Waals surface area contributed by atoms with Crippen LogP contribution in [0.25, 0.3) is 0 Å². The summed E-state index contributed by atoms with van der Waals surface area (Å²) in [5, 5.41) is 4.46. The van der Waals surface area contributed by atoms with E-state index in [1.54, 1.807) is 47.6 Å². The molecule has 1 aliphatic heterocycles. The number of nitrogens with zero attached hydrogens (tertiary/aromatic N) is 4. The van der Waals surface area contributed by atoms with E-state index in [9.17, 15) is 9.59 Å². The number of benzene rings is 1. The van der Waals surface area contributed by atoms with Crippen LogP contribution in [0.3, 0.4) is 0 Å². The van der Waals surface area contributed by atoms with Gasteiger partial charge in [0.05, 0.1) is 25.2 Å². The zero-order valence-electron chi connectivity index (χ0n) is 15.7. The quantitative estimate of drug-likeness (QED) is 0.296. The molecule has 1 aromatic heterocycles. The minimum Gasteiger partial charge on any atom is -0.484 e. The SMILES string of the molecule is O=C(CSc1ncccn1)N/N=C/c1ccc(OCC(=O)N2CCOCC2)cc1. The summed E-state index contributed by atoms with van der Waals surface area (Å²) in [6.07, 6.45) is 4.78. The lowest BCUT2D eigenvalue weighted by Crippen LogP contribution is -2.42. The highest BCUT2D eigenvalue weighted by molar-refractivity contribution is 7.99. The van der Waals surface area contributed by atoms with Crippen LogP contribution in [0.15, 0.2) is 53.0 Å². The lowest BCUT2D eigenvalue weighted by atomic mass is 10.2. The molecule has 0 saturated carbocycles. The molecule has 2 aromatic rings. The Bertz CT molecular complexity index is 826. The summed E-state index contributed by atoms with van der Waals surface area (Å²) >= 11 is 1.23. The van der Waals surface area contributed by atoms with Crippen LogP contribution in [0.1, 0.15) is 5.56 Å². The molecule has 2 amide bonds. The standard InChI is InChI=1S/C19H21N5O4S/c25-17(14-29-19-20-6-1-7-21-19)23-22-12-15-2-4-16(5-3-15)28-13-18(26)24-8-10-27-11-9-24/h1-7,12H,8-11,13-14H2,(H,23,25)/b22-12+. The average Bonchev–Trinajstić information content (AvgIpc) is 2.78. The predicted molar refractivity (Wildman–Crippen MR) is 108 cm³/mol. The van der Waals surface area contributed by atoms with E-state index >= 15 is 0 Å². The van der Waals surface area contributed by atoms with Gasteiger partial charge in [-0.05, 0) is 35.9 Å². The lowest BCUT2D eigenvalue weighted by molar-refractivity contribution is -0.137. The number of ether oxygens (including phenoxy) is 2. The lowest BCUT2D eigenvalue weighted by Gasteiger charge is -2.26. The fourth-order valence-electron chi connectivity index (χ4n) is 2.40. The first-order valence-corrected chi connectivity index (χ1v) is 9.99. The van der Waals surface area contributed by atoms with Crippen molar-refractivity contribution in [1.29, 1.82) is 0 Å². The van der Waals surface area contributed by atoms with Gasteiger partial charge in [0, 0.05) is 25.5 Å². The largest absolute Gasteiger partial charge is 0.484 e. The maximum absolute atomic E-state index is 12.1. The minimum atomic E-state index is -0.250. The number of morpholine rings is 1. The molecule has 0 atom stereocenters. The topological polar surface area (TPSA) is 106 Å². The van der Waals surface area contributed by atoms with Crippen molar-refractivity contribution in [2.24, 2.45) is 5.10 Å². The van der Waals surface area contributed by atoms with E-state index in [2.05, 4.69) is 20.5 Å². The molecule has 0 radical (unpaired) electrons. The number of amides is 2. The Morgan fingerprint density at radius 2 is 1.93 bits per heavy atom. The van der Waals surface area contributed by atoms with E-state index in [0.717, 1.165) is 5.56 Å². The van der Waals surface area contributed by atoms with Crippen molar-refractivity contribution in [3.8, 4) is 5.75 Å². The van der Waals surface area contributed by atoms with Gasteiger partial charge in [-0.1, -0.05) is 11.8 Å². The summed E-state index contributed by atoms with van der Waals surface area (Å²) in [4.78, 5) is 33.6. The Kier molecular flexibility index (Phi) is 7.96. The molecule has 1 aliphatic rings. The molecular formula is C19H21N5O4S. The molecule has 1 N–H and O–H groups in total. The molecule has 0 unspecified atom stereocenters. The molecule has 1 saturated heterocycles. The molecule has 10 heteroatoms. The monoisotopic (exact) mass is 415 g/mol. The molecule has 3 rings (SSSR count). The third-order valence-electron chi connectivity index (χ3n) is 3.88. The van der Waals surface area contributed by atoms with E-state index in [-0.39, 0.29) is 24.2 Å². The second-order valence-corrected chi connectivity index (χ2v) is 6.91. The zero-order chi connectivity index (χ0) is 20.3. The Morgan fingerprint density at radius 3 is 2.66 bits per heavy atom. The smallest absolute Gasteiger partial charge is 0.260 e. The van der Waals surface area contributed by atoms with Crippen LogP contribution in [0.4, 0.5) is 0 Å². The molecule has 0 aliphatic carbocycles. The number of nitrogens with one attached hydrogen (secondary N) is 1. The number of hydrogen-bond acceptors (Lipinski definition) is 8. The highest BCUT2D eigenvalue weighted by Gasteiger charge is 2.17. The molecule has 9 nitrogen and oxygen atoms in total. The molecule has 29 heavy (non-hydrogen) atoms. The van der Waals surface area contributed by atoms with Crippen molar-refractivity contribution in [3.63, 3.8) is 0 Å². The zero-order valence-corrected chi connectivity index (χ0v) is 16.5. The van der Waals surface area contributed by atoms with Gasteiger partial charge in [0.1, 0.15) is 5.75 Å². The van der Waals surface area contributed by atoms with Gasteiger partial charge < -0.3 is 14.4 Å². The first-order chi connectivity index (χ1) is 14.2. The van der Waals surface area contributed by atoms with Gasteiger partial charge >= 0.3 is 0 Å². The van der Waals surface area contributed by atoms with Crippen LogP contribution >= 0.6 is 11.8 Å². The maximum atomic E-state index is 12.1. The average molecular weight is 415 g/mol. The number of aromatic nitrogens is 2. The van der Waals surface area contributed by atoms with Gasteiger partial charge in [-0.25, -0.2) is 15.4 Å². The van der Waals surface area contributed by atoms with E-state index in [4.69, 9.17) is 9.47 Å². The van der Waals surface area contributed by atoms with Crippen LogP contribution in [0.5, 0.6) is 5.75 Å². The maximum Gasteiger partial charge on any atom is 0.260 e. The molecular weight excluding hydrogens is 394 g/mol. The number of hydrazone groups is 1. The number of carbonyl (C=O) groups excluding carboxylic acids is 2. The van der Waals surface area contributed by atoms with Gasteiger partial charge in [-0.15, -0.1) is 0 Å². The van der Waals surface area contributed by atoms with Crippen LogP contribution in [0, 0.1) is 0 Å². The predicted octanol–water partition coefficient (Wildman–Crippen LogP) is 0.957. The van der Waals surface area contributed by atoms with Gasteiger partial charge in [-0.2, -0.15) is 5.10 Å². The first kappa shape index (κ1) is 20.7. The fraction of sp³-hybridized carbons (Fsp3) is 0.316. The van der Waals surface area contributed by atoms with Crippen molar-refractivity contribution in [3.05, 3.63) is 48.3 Å². The summed E-state index contributed by atoms with van der Waals surface area (Å²) < 4.78 is 10.8. The van der Waals surface area contributed by atoms with Crippen LogP contribution in [-0.2, 0) is 14.3 Å². The number of rotatable bonds is 8. The number of carbonyl (C=O) groups is 2. The van der Waals surface area contributed by atoms with Crippen LogP contribution < -0.4 is 10.2 Å². The normalized spacial score (nSPS) is 14.0. The number of thioether (sulfide) groups is 1. The highest BCUT2D eigenvalue weighted by Crippen LogP contribution is 2.12. The fourth-order valence-corrected chi connectivity index (χ4v) is 3.00. The van der Waals surface area contributed by atoms with E-state index in [1.165, 1.54) is 18.0 Å². The molecule has 1 aromatic carbocycles. The molecule has 0 bridgehead atoms. The van der Waals surface area contributed by atoms with E-state index in [1.807, 2.05) is 0 Å². The van der Waals surface area contributed by atoms with Crippen molar-refractivity contribution in [2.75, 3.05) is 38.7 Å². The second kappa shape index (κ2) is 11.1. The van der Waals surface area contributed by atoms with Gasteiger partial charge in [0.25, 0.3) is 11.8 Å². The van der Waals surface area contributed by atoms with Crippen molar-refractivity contribution in [2.45, 2.75) is 5.16 Å². The minimum absolute atomic E-state index is 0.00765. The Balaban J connectivity index is 1.38. The summed E-state index contributed by atoms with van der Waals surface area (Å²) in [5.41, 5.74) is 3.24. The molecule has 0 spiro atoms. The van der Waals surface area contributed by atoms with Gasteiger partial charge in [-0.3, -0.25) is 9.59 Å². The third kappa shape index (κ3) is 7.16. The van der Waals surface area contributed by atoms with Crippen molar-refractivity contribution in [1.82, 2.24) is 20.3 Å². The summed E-state index contributed by atoms with van der Waals surface area (Å²) in [6, 6.07) is 8.79. The first-order valence-electron chi connectivity index (χ1n) is 9.01. The van der Waals surface area contributed by atoms with Crippen LogP contribution in [0.2, 0.25) is 0 Å². The van der Waals surface area contributed by atoms with Crippen molar-refractivity contribution < 1.29 is 19.1 Å². The third-order valence-corrected chi connectivity index (χ3v) is 4.76. The summed E-state index contributed by atoms with van der Waals surface area (Å²) in [6.45, 7) is 2.32. The van der Waals surface area contributed by atoms with Crippen LogP contribution in [-0.4, -0.2) is 71.6 Å². The Hall–Kier alpha value is -2.98. The Morgan fingerprint density at radius 1 is 1.21 bits per heavy atom. The second-order valence-electron chi connectivity index (χ2n) is 5.96. The molecule has 1 fully saturated rings. The summed E-state index contributed by atoms with van der Waals surface area (Å²) in [5.74, 6) is 0.457. The van der Waals surface area contributed by atoms with Gasteiger partial charge in [0.15, 0.2) is 11.8 Å². The highest BCUT2D eigenvalue weighted by atomic mass is 32.2. The van der Waals surface area contributed by atoms with E-state index < -0.39 is 0 Å². The van der Waals surface area contributed by atoms with E-state index in [0.29, 0.717) is 37.2 Å². The number of hydrogen-bond donors (Lipinski definition) is 1. The summed E-state index contributed by atoms with van der Waals surface area (Å²) in [7, 11) is 0. The van der Waals surface area contributed by atoms with Crippen molar-refractivity contribution >= 4 is 29.8 Å². The Labute approximate surface area is 172 Å².